The molecule has 0 spiro atoms. The Hall–Kier alpha value is -4.06. The van der Waals surface area contributed by atoms with E-state index in [4.69, 9.17) is 26.1 Å². The zero-order chi connectivity index (χ0) is 27.2. The maximum Gasteiger partial charge on any atom is 0.439 e. The minimum Gasteiger partial charge on any atom is -0.333 e. The number of hydrogen-bond acceptors (Lipinski definition) is 9. The maximum absolute atomic E-state index is 11.8. The van der Waals surface area contributed by atoms with Crippen molar-refractivity contribution in [3.63, 3.8) is 0 Å². The second-order valence-corrected chi connectivity index (χ2v) is 11.4. The van der Waals surface area contributed by atoms with Crippen molar-refractivity contribution in [1.29, 1.82) is 0 Å². The average Bonchev–Trinajstić information content (AvgIpc) is 3.76. The Morgan fingerprint density at radius 2 is 1.98 bits per heavy atom. The summed E-state index contributed by atoms with van der Waals surface area (Å²) in [4.78, 5) is 31.3. The zero-order valence-corrected chi connectivity index (χ0v) is 22.8. The van der Waals surface area contributed by atoms with E-state index in [0.717, 1.165) is 60.1 Å². The highest BCUT2D eigenvalue weighted by Crippen LogP contribution is 2.41. The van der Waals surface area contributed by atoms with Gasteiger partial charge in [0.15, 0.2) is 0 Å². The maximum atomic E-state index is 11.8. The van der Waals surface area contributed by atoms with Crippen molar-refractivity contribution in [2.45, 2.75) is 58.0 Å². The Morgan fingerprint density at radius 1 is 1.10 bits per heavy atom. The number of rotatable bonds is 6. The molecule has 5 aromatic heterocycles. The molecule has 1 aliphatic carbocycles. The standard InChI is InChI=1S/C27H29ClN10O2/c1-15-4-6-16(7-5-15)14-38-24-19(32-26(38)37-8-2-3-22(37)21-13-30-36-34-21)10-20(25-33-27(39)40-35-25)31-23(24)17-9-18(28)12-29-11-17/h9-13,15-16,22H,2-8,14H2,1H3,(H,30,34,36)(H,33,35,39). The smallest absolute Gasteiger partial charge is 0.333 e. The third-order valence-electron chi connectivity index (χ3n) is 8.23. The lowest BCUT2D eigenvalue weighted by Gasteiger charge is -2.30. The summed E-state index contributed by atoms with van der Waals surface area (Å²) >= 11 is 6.39. The predicted molar refractivity (Wildman–Crippen MR) is 149 cm³/mol. The highest BCUT2D eigenvalue weighted by Gasteiger charge is 2.34. The fourth-order valence-corrected chi connectivity index (χ4v) is 6.37. The monoisotopic (exact) mass is 560 g/mol. The summed E-state index contributed by atoms with van der Waals surface area (Å²) in [5.74, 6) is 1.75. The van der Waals surface area contributed by atoms with E-state index < -0.39 is 5.76 Å². The summed E-state index contributed by atoms with van der Waals surface area (Å²) < 4.78 is 7.11. The van der Waals surface area contributed by atoms with Crippen LogP contribution in [0, 0.1) is 11.8 Å². The van der Waals surface area contributed by atoms with Gasteiger partial charge in [0, 0.05) is 31.0 Å². The molecule has 12 nitrogen and oxygen atoms in total. The van der Waals surface area contributed by atoms with Crippen LogP contribution in [-0.2, 0) is 6.54 Å². The van der Waals surface area contributed by atoms with Gasteiger partial charge in [-0.2, -0.15) is 15.4 Å². The van der Waals surface area contributed by atoms with E-state index in [9.17, 15) is 4.79 Å². The number of halogens is 1. The Labute approximate surface area is 234 Å². The first-order chi connectivity index (χ1) is 19.5. The number of H-pyrrole nitrogens is 2. The highest BCUT2D eigenvalue weighted by atomic mass is 35.5. The number of nitrogens with one attached hydrogen (secondary N) is 2. The Kier molecular flexibility index (Phi) is 6.34. The number of aromatic nitrogens is 9. The molecule has 0 aromatic carbocycles. The number of fused-ring (bicyclic) bond motifs is 1. The first-order valence-corrected chi connectivity index (χ1v) is 14.1. The molecule has 0 bridgehead atoms. The van der Waals surface area contributed by atoms with Crippen LogP contribution in [0.3, 0.4) is 0 Å². The fourth-order valence-electron chi connectivity index (χ4n) is 6.20. The molecule has 6 heterocycles. The summed E-state index contributed by atoms with van der Waals surface area (Å²) in [7, 11) is 0. The topological polar surface area (TPSA) is 147 Å². The lowest BCUT2D eigenvalue weighted by atomic mass is 9.83. The van der Waals surface area contributed by atoms with Gasteiger partial charge in [0.05, 0.1) is 34.0 Å². The molecule has 2 fully saturated rings. The molecule has 0 radical (unpaired) electrons. The summed E-state index contributed by atoms with van der Waals surface area (Å²) in [6.07, 6.45) is 11.9. The van der Waals surface area contributed by atoms with Crippen molar-refractivity contribution in [3.05, 3.63) is 52.0 Å². The summed E-state index contributed by atoms with van der Waals surface area (Å²) in [5.41, 5.74) is 4.43. The van der Waals surface area contributed by atoms with Crippen LogP contribution in [0.1, 0.15) is 57.2 Å². The average molecular weight is 561 g/mol. The number of imidazole rings is 1. The molecule has 1 unspecified atom stereocenters. The number of aromatic amines is 2. The van der Waals surface area contributed by atoms with Crippen molar-refractivity contribution in [1.82, 2.24) is 45.1 Å². The lowest BCUT2D eigenvalue weighted by Crippen LogP contribution is -2.28. The molecule has 0 amide bonds. The van der Waals surface area contributed by atoms with Gasteiger partial charge in [0.2, 0.25) is 11.8 Å². The summed E-state index contributed by atoms with van der Waals surface area (Å²) in [6, 6.07) is 3.77. The largest absolute Gasteiger partial charge is 0.439 e. The van der Waals surface area contributed by atoms with E-state index in [0.29, 0.717) is 22.3 Å². The SMILES string of the molecule is CC1CCC(Cn2c(N3CCCC3c3cn[nH]n3)nc3cc(-c4noc(=O)[nH]4)nc(-c4cncc(Cl)c4)c32)CC1. The van der Waals surface area contributed by atoms with Gasteiger partial charge < -0.3 is 9.47 Å². The normalized spacial score (nSPS) is 21.4. The van der Waals surface area contributed by atoms with Crippen molar-refractivity contribution in [3.8, 4) is 22.8 Å². The Balaban J connectivity index is 1.45. The number of hydrogen-bond donors (Lipinski definition) is 2. The van der Waals surface area contributed by atoms with E-state index in [1.54, 1.807) is 18.6 Å². The number of nitrogens with zero attached hydrogens (tertiary/aromatic N) is 8. The third-order valence-corrected chi connectivity index (χ3v) is 8.43. The molecule has 1 saturated heterocycles. The lowest BCUT2D eigenvalue weighted by molar-refractivity contribution is 0.266. The molecule has 13 heteroatoms. The van der Waals surface area contributed by atoms with Gasteiger partial charge in [-0.15, -0.1) is 0 Å². The van der Waals surface area contributed by atoms with Gasteiger partial charge in [-0.05, 0) is 49.7 Å². The summed E-state index contributed by atoms with van der Waals surface area (Å²) in [6.45, 7) is 4.02. The van der Waals surface area contributed by atoms with E-state index in [1.807, 2.05) is 12.1 Å². The molecule has 1 atom stereocenters. The van der Waals surface area contributed by atoms with Crippen molar-refractivity contribution in [2.24, 2.45) is 11.8 Å². The Morgan fingerprint density at radius 3 is 2.73 bits per heavy atom. The predicted octanol–water partition coefficient (Wildman–Crippen LogP) is 4.78. The van der Waals surface area contributed by atoms with Gasteiger partial charge >= 0.3 is 5.76 Å². The minimum atomic E-state index is -0.645. The van der Waals surface area contributed by atoms with E-state index in [2.05, 4.69) is 46.9 Å². The van der Waals surface area contributed by atoms with Gasteiger partial charge in [-0.1, -0.05) is 36.5 Å². The first-order valence-electron chi connectivity index (χ1n) is 13.7. The van der Waals surface area contributed by atoms with E-state index >= 15 is 0 Å². The van der Waals surface area contributed by atoms with E-state index in [1.165, 1.54) is 25.7 Å². The van der Waals surface area contributed by atoms with Crippen LogP contribution in [0.5, 0.6) is 0 Å². The van der Waals surface area contributed by atoms with Gasteiger partial charge in [0.25, 0.3) is 0 Å². The van der Waals surface area contributed by atoms with Crippen molar-refractivity contribution in [2.75, 3.05) is 11.4 Å². The molecule has 206 valence electrons. The van der Waals surface area contributed by atoms with Crippen LogP contribution in [0.4, 0.5) is 5.95 Å². The van der Waals surface area contributed by atoms with Crippen LogP contribution in [0.15, 0.2) is 40.0 Å². The molecule has 40 heavy (non-hydrogen) atoms. The van der Waals surface area contributed by atoms with Crippen LogP contribution in [0.25, 0.3) is 33.8 Å². The zero-order valence-electron chi connectivity index (χ0n) is 22.0. The molecule has 5 aromatic rings. The third kappa shape index (κ3) is 4.55. The molecule has 1 saturated carbocycles. The Bertz CT molecular complexity index is 1700. The molecular weight excluding hydrogens is 532 g/mol. The fraction of sp³-hybridized carbons (Fsp3) is 0.444. The second kappa shape index (κ2) is 10.2. The second-order valence-electron chi connectivity index (χ2n) is 11.0. The van der Waals surface area contributed by atoms with Crippen LogP contribution >= 0.6 is 11.6 Å². The van der Waals surface area contributed by atoms with Gasteiger partial charge in [-0.25, -0.2) is 14.8 Å². The first kappa shape index (κ1) is 24.9. The van der Waals surface area contributed by atoms with Crippen molar-refractivity contribution >= 4 is 28.6 Å². The molecule has 1 aliphatic heterocycles. The van der Waals surface area contributed by atoms with Crippen LogP contribution in [-0.4, -0.2) is 51.6 Å². The van der Waals surface area contributed by atoms with Crippen molar-refractivity contribution < 1.29 is 4.52 Å². The number of pyridine rings is 2. The quantitative estimate of drug-likeness (QED) is 0.299. The van der Waals surface area contributed by atoms with E-state index in [-0.39, 0.29) is 11.9 Å². The van der Waals surface area contributed by atoms with Crippen LogP contribution in [0.2, 0.25) is 5.02 Å². The number of anilines is 1. The molecular formula is C27H29ClN10O2. The van der Waals surface area contributed by atoms with Gasteiger partial charge in [-0.3, -0.25) is 14.5 Å². The molecule has 2 aliphatic rings. The highest BCUT2D eigenvalue weighted by molar-refractivity contribution is 6.30. The van der Waals surface area contributed by atoms with Gasteiger partial charge in [0.1, 0.15) is 11.4 Å². The summed E-state index contributed by atoms with van der Waals surface area (Å²) in [5, 5.41) is 15.6. The molecule has 2 N–H and O–H groups in total. The molecule has 7 rings (SSSR count). The minimum absolute atomic E-state index is 0.0660. The van der Waals surface area contributed by atoms with Crippen LogP contribution < -0.4 is 10.7 Å².